The number of carboxylic acid groups (broad SMARTS) is 1. The van der Waals surface area contributed by atoms with Gasteiger partial charge in [0.2, 0.25) is 0 Å². The molecule has 0 aliphatic heterocycles. The molecule has 0 spiro atoms. The van der Waals surface area contributed by atoms with Crippen LogP contribution in [-0.2, 0) is 4.74 Å². The van der Waals surface area contributed by atoms with Gasteiger partial charge in [0.05, 0.1) is 6.61 Å². The molecular weight excluding hydrogens is 300 g/mol. The smallest absolute Gasteiger partial charge is 0.450 e. The Balaban J connectivity index is 3.37. The third-order valence-electron chi connectivity index (χ3n) is 3.45. The first-order valence-corrected chi connectivity index (χ1v) is 9.23. The van der Waals surface area contributed by atoms with Crippen LogP contribution in [0.2, 0.25) is 0 Å². The molecule has 1 N–H and O–H groups in total. The Hall–Kier alpha value is -1.77. The van der Waals surface area contributed by atoms with E-state index in [-0.39, 0.29) is 0 Å². The molecule has 0 atom stereocenters. The van der Waals surface area contributed by atoms with Gasteiger partial charge in [-0.25, -0.2) is 4.79 Å². The van der Waals surface area contributed by atoms with Crippen LogP contribution in [0.3, 0.4) is 0 Å². The SMILES string of the molecule is CCCCCC=CCC=CCC=CCC=CCCCCOC(=O)O. The summed E-state index contributed by atoms with van der Waals surface area (Å²) in [6.07, 6.45) is 27.3. The quantitative estimate of drug-likeness (QED) is 0.203. The van der Waals surface area contributed by atoms with Crippen molar-refractivity contribution in [2.45, 2.75) is 71.1 Å². The molecule has 0 rings (SSSR count). The highest BCUT2D eigenvalue weighted by atomic mass is 16.7. The summed E-state index contributed by atoms with van der Waals surface area (Å²) < 4.78 is 4.44. The van der Waals surface area contributed by atoms with Gasteiger partial charge in [-0.3, -0.25) is 0 Å². The van der Waals surface area contributed by atoms with E-state index in [0.29, 0.717) is 6.61 Å². The molecule has 0 aromatic carbocycles. The second-order valence-electron chi connectivity index (χ2n) is 5.70. The molecule has 24 heavy (non-hydrogen) atoms. The average Bonchev–Trinajstić information content (AvgIpc) is 2.56. The minimum Gasteiger partial charge on any atom is -0.450 e. The van der Waals surface area contributed by atoms with Gasteiger partial charge in [-0.2, -0.15) is 0 Å². The molecule has 0 saturated heterocycles. The fourth-order valence-electron chi connectivity index (χ4n) is 2.08. The molecule has 0 amide bonds. The topological polar surface area (TPSA) is 46.5 Å². The lowest BCUT2D eigenvalue weighted by molar-refractivity contribution is 0.0902. The van der Waals surface area contributed by atoms with Crippen molar-refractivity contribution in [1.82, 2.24) is 0 Å². The molecule has 0 bridgehead atoms. The molecule has 0 heterocycles. The zero-order chi connectivity index (χ0) is 17.7. The van der Waals surface area contributed by atoms with Crippen LogP contribution in [0.5, 0.6) is 0 Å². The summed E-state index contributed by atoms with van der Waals surface area (Å²) in [6.45, 7) is 2.53. The standard InChI is InChI=1S/C21H34O3/c1-2-3-4-5-6-7-8-9-10-11-12-13-14-15-16-17-18-19-20-24-21(22)23/h6-7,9-10,12-13,15-16H,2-5,8,11,14,17-20H2,1H3,(H,22,23). The van der Waals surface area contributed by atoms with Gasteiger partial charge < -0.3 is 9.84 Å². The highest BCUT2D eigenvalue weighted by Gasteiger charge is 1.93. The Labute approximate surface area is 147 Å². The monoisotopic (exact) mass is 334 g/mol. The van der Waals surface area contributed by atoms with E-state index in [1.54, 1.807) is 0 Å². The molecule has 3 nitrogen and oxygen atoms in total. The maximum Gasteiger partial charge on any atom is 0.505 e. The van der Waals surface area contributed by atoms with Gasteiger partial charge in [-0.05, 0) is 51.4 Å². The van der Waals surface area contributed by atoms with Crippen LogP contribution in [-0.4, -0.2) is 17.9 Å². The van der Waals surface area contributed by atoms with E-state index in [2.05, 4.69) is 60.3 Å². The van der Waals surface area contributed by atoms with Crippen molar-refractivity contribution >= 4 is 6.16 Å². The largest absolute Gasteiger partial charge is 0.505 e. The van der Waals surface area contributed by atoms with Crippen molar-refractivity contribution in [3.63, 3.8) is 0 Å². The maximum absolute atomic E-state index is 10.1. The minimum atomic E-state index is -1.19. The number of hydrogen-bond acceptors (Lipinski definition) is 2. The number of hydrogen-bond donors (Lipinski definition) is 1. The number of rotatable bonds is 15. The van der Waals surface area contributed by atoms with Crippen LogP contribution in [0.4, 0.5) is 4.79 Å². The van der Waals surface area contributed by atoms with Crippen molar-refractivity contribution in [2.24, 2.45) is 0 Å². The fraction of sp³-hybridized carbons (Fsp3) is 0.571. The zero-order valence-corrected chi connectivity index (χ0v) is 15.2. The molecule has 0 saturated carbocycles. The number of ether oxygens (including phenoxy) is 1. The normalized spacial score (nSPS) is 12.2. The van der Waals surface area contributed by atoms with E-state index < -0.39 is 6.16 Å². The Morgan fingerprint density at radius 1 is 0.750 bits per heavy atom. The molecule has 0 radical (unpaired) electrons. The van der Waals surface area contributed by atoms with Crippen molar-refractivity contribution in [3.05, 3.63) is 48.6 Å². The minimum absolute atomic E-state index is 0.295. The van der Waals surface area contributed by atoms with Crippen molar-refractivity contribution in [1.29, 1.82) is 0 Å². The van der Waals surface area contributed by atoms with Crippen molar-refractivity contribution in [3.8, 4) is 0 Å². The Kier molecular flexibility index (Phi) is 17.9. The summed E-state index contributed by atoms with van der Waals surface area (Å²) >= 11 is 0. The third kappa shape index (κ3) is 20.2. The van der Waals surface area contributed by atoms with Crippen LogP contribution in [0, 0.1) is 0 Å². The summed E-state index contributed by atoms with van der Waals surface area (Å²) in [6, 6.07) is 0. The molecular formula is C21H34O3. The van der Waals surface area contributed by atoms with E-state index in [4.69, 9.17) is 5.11 Å². The maximum atomic E-state index is 10.1. The molecule has 136 valence electrons. The second-order valence-corrected chi connectivity index (χ2v) is 5.70. The van der Waals surface area contributed by atoms with Crippen molar-refractivity contribution < 1.29 is 14.6 Å². The summed E-state index contributed by atoms with van der Waals surface area (Å²) in [7, 11) is 0. The van der Waals surface area contributed by atoms with Crippen LogP contribution < -0.4 is 0 Å². The molecule has 0 aliphatic rings. The molecule has 0 aromatic heterocycles. The lowest BCUT2D eigenvalue weighted by atomic mass is 10.2. The first-order valence-electron chi connectivity index (χ1n) is 9.23. The van der Waals surface area contributed by atoms with Crippen LogP contribution >= 0.6 is 0 Å². The molecule has 0 aromatic rings. The summed E-state index contributed by atoms with van der Waals surface area (Å²) in [5.41, 5.74) is 0. The summed E-state index contributed by atoms with van der Waals surface area (Å²) in [4.78, 5) is 10.1. The molecule has 0 fully saturated rings. The summed E-state index contributed by atoms with van der Waals surface area (Å²) in [5, 5.41) is 8.31. The Morgan fingerprint density at radius 2 is 1.21 bits per heavy atom. The lowest BCUT2D eigenvalue weighted by Gasteiger charge is -1.97. The lowest BCUT2D eigenvalue weighted by Crippen LogP contribution is -2.01. The van der Waals surface area contributed by atoms with Gasteiger partial charge >= 0.3 is 6.16 Å². The van der Waals surface area contributed by atoms with E-state index in [1.807, 2.05) is 0 Å². The highest BCUT2D eigenvalue weighted by molar-refractivity contribution is 5.56. The Morgan fingerprint density at radius 3 is 1.67 bits per heavy atom. The predicted molar refractivity (Wildman–Crippen MR) is 102 cm³/mol. The fourth-order valence-corrected chi connectivity index (χ4v) is 2.08. The van der Waals surface area contributed by atoms with E-state index in [1.165, 1.54) is 25.7 Å². The average molecular weight is 335 g/mol. The van der Waals surface area contributed by atoms with Gasteiger partial charge in [0.25, 0.3) is 0 Å². The van der Waals surface area contributed by atoms with Gasteiger partial charge in [0, 0.05) is 0 Å². The van der Waals surface area contributed by atoms with Gasteiger partial charge in [0.1, 0.15) is 0 Å². The molecule has 0 unspecified atom stereocenters. The number of allylic oxidation sites excluding steroid dienone is 8. The van der Waals surface area contributed by atoms with Gasteiger partial charge in [-0.15, -0.1) is 0 Å². The zero-order valence-electron chi connectivity index (χ0n) is 15.2. The van der Waals surface area contributed by atoms with Crippen LogP contribution in [0.1, 0.15) is 71.1 Å². The van der Waals surface area contributed by atoms with Crippen LogP contribution in [0.25, 0.3) is 0 Å². The summed E-state index contributed by atoms with van der Waals surface area (Å²) in [5.74, 6) is 0. The van der Waals surface area contributed by atoms with Gasteiger partial charge in [-0.1, -0.05) is 68.4 Å². The van der Waals surface area contributed by atoms with Gasteiger partial charge in [0.15, 0.2) is 0 Å². The number of unbranched alkanes of at least 4 members (excludes halogenated alkanes) is 5. The first kappa shape index (κ1) is 22.2. The van der Waals surface area contributed by atoms with E-state index >= 15 is 0 Å². The van der Waals surface area contributed by atoms with E-state index in [9.17, 15) is 4.79 Å². The Bertz CT molecular complexity index is 392. The second kappa shape index (κ2) is 19.3. The number of carbonyl (C=O) groups is 1. The van der Waals surface area contributed by atoms with Crippen LogP contribution in [0.15, 0.2) is 48.6 Å². The molecule has 3 heteroatoms. The van der Waals surface area contributed by atoms with Crippen molar-refractivity contribution in [2.75, 3.05) is 6.61 Å². The van der Waals surface area contributed by atoms with E-state index in [0.717, 1.165) is 38.5 Å². The molecule has 0 aliphatic carbocycles. The third-order valence-corrected chi connectivity index (χ3v) is 3.45. The first-order chi connectivity index (χ1) is 11.8. The predicted octanol–water partition coefficient (Wildman–Crippen LogP) is 6.83. The highest BCUT2D eigenvalue weighted by Crippen LogP contribution is 2.01.